The summed E-state index contributed by atoms with van der Waals surface area (Å²) in [6.07, 6.45) is 0.920. The highest BCUT2D eigenvalue weighted by molar-refractivity contribution is 8.00. The second-order valence-electron chi connectivity index (χ2n) is 7.60. The van der Waals surface area contributed by atoms with Crippen LogP contribution in [0.15, 0.2) is 53.6 Å². The lowest BCUT2D eigenvalue weighted by Crippen LogP contribution is -2.37. The second-order valence-corrected chi connectivity index (χ2v) is 8.56. The molecule has 2 aliphatic rings. The molecule has 0 spiro atoms. The quantitative estimate of drug-likeness (QED) is 0.605. The Kier molecular flexibility index (Phi) is 5.55. The number of nitrogens with zero attached hydrogens (tertiary/aromatic N) is 4. The smallest absolute Gasteiger partial charge is 0.233 e. The van der Waals surface area contributed by atoms with Crippen LogP contribution in [0, 0.1) is 0 Å². The lowest BCUT2D eigenvalue weighted by molar-refractivity contribution is -0.129. The van der Waals surface area contributed by atoms with Crippen molar-refractivity contribution in [3.05, 3.63) is 59.7 Å². The molecule has 1 saturated heterocycles. The van der Waals surface area contributed by atoms with Crippen LogP contribution in [0.2, 0.25) is 0 Å². The third kappa shape index (κ3) is 3.87. The number of fused-ring (bicyclic) bond motifs is 2. The molecule has 1 fully saturated rings. The summed E-state index contributed by atoms with van der Waals surface area (Å²) >= 11 is 1.48. The van der Waals surface area contributed by atoms with Crippen molar-refractivity contribution in [2.75, 3.05) is 43.5 Å². The molecular formula is C23H24N4O2S. The minimum atomic E-state index is 0.151. The molecule has 30 heavy (non-hydrogen) atoms. The highest BCUT2D eigenvalue weighted by Gasteiger charge is 2.22. The third-order valence-corrected chi connectivity index (χ3v) is 6.73. The fraction of sp³-hybridized carbons (Fsp3) is 0.348. The van der Waals surface area contributed by atoms with Gasteiger partial charge in [-0.25, -0.2) is 0 Å². The molecule has 7 heteroatoms. The van der Waals surface area contributed by atoms with E-state index >= 15 is 0 Å². The molecule has 0 aliphatic carbocycles. The number of carbonyl (C=O) groups excluding carboxylic acids is 1. The van der Waals surface area contributed by atoms with Crippen molar-refractivity contribution in [1.29, 1.82) is 0 Å². The maximum absolute atomic E-state index is 12.9. The van der Waals surface area contributed by atoms with Crippen LogP contribution < -0.4 is 4.90 Å². The molecule has 6 nitrogen and oxygen atoms in total. The number of hydrogen-bond donors (Lipinski definition) is 0. The minimum absolute atomic E-state index is 0.151. The van der Waals surface area contributed by atoms with E-state index in [2.05, 4.69) is 45.4 Å². The van der Waals surface area contributed by atoms with Crippen LogP contribution >= 0.6 is 11.8 Å². The van der Waals surface area contributed by atoms with E-state index in [0.717, 1.165) is 47.7 Å². The number of rotatable bonds is 4. The van der Waals surface area contributed by atoms with Crippen molar-refractivity contribution in [3.63, 3.8) is 0 Å². The Morgan fingerprint density at radius 2 is 1.67 bits per heavy atom. The maximum Gasteiger partial charge on any atom is 0.233 e. The molecule has 0 radical (unpaired) electrons. The van der Waals surface area contributed by atoms with Gasteiger partial charge in [0.25, 0.3) is 0 Å². The van der Waals surface area contributed by atoms with Crippen LogP contribution in [0.5, 0.6) is 0 Å². The van der Waals surface area contributed by atoms with Crippen molar-refractivity contribution >= 4 is 34.3 Å². The minimum Gasteiger partial charge on any atom is -0.378 e. The van der Waals surface area contributed by atoms with Crippen molar-refractivity contribution in [1.82, 2.24) is 15.1 Å². The van der Waals surface area contributed by atoms with Gasteiger partial charge in [0.1, 0.15) is 5.03 Å². The Morgan fingerprint density at radius 3 is 2.50 bits per heavy atom. The molecule has 1 amide bonds. The maximum atomic E-state index is 12.9. The van der Waals surface area contributed by atoms with Crippen LogP contribution in [0.3, 0.4) is 0 Å². The van der Waals surface area contributed by atoms with E-state index < -0.39 is 0 Å². The summed E-state index contributed by atoms with van der Waals surface area (Å²) < 4.78 is 5.47. The molecule has 2 aromatic carbocycles. The number of morpholine rings is 1. The Bertz CT molecular complexity index is 1070. The Hall–Kier alpha value is -2.64. The van der Waals surface area contributed by atoms with E-state index in [0.29, 0.717) is 25.5 Å². The van der Waals surface area contributed by atoms with Gasteiger partial charge in [-0.3, -0.25) is 4.79 Å². The number of aromatic nitrogens is 2. The van der Waals surface area contributed by atoms with Gasteiger partial charge in [-0.15, -0.1) is 10.2 Å². The van der Waals surface area contributed by atoms with Crippen LogP contribution in [0.25, 0.3) is 10.8 Å². The third-order valence-electron chi connectivity index (χ3n) is 5.76. The molecule has 3 aromatic rings. The van der Waals surface area contributed by atoms with E-state index in [1.54, 1.807) is 0 Å². The Balaban J connectivity index is 1.32. The predicted octanol–water partition coefficient (Wildman–Crippen LogP) is 3.14. The van der Waals surface area contributed by atoms with Gasteiger partial charge in [0.2, 0.25) is 5.91 Å². The standard InChI is InChI=1S/C23H24N4O2S/c28-21(27-10-9-17-5-1-2-6-18(17)15-27)16-30-23-20-8-4-3-7-19(20)22(24-25-23)26-11-13-29-14-12-26/h1-8H,9-16H2. The van der Waals surface area contributed by atoms with Gasteiger partial charge in [0.15, 0.2) is 5.82 Å². The zero-order valence-electron chi connectivity index (χ0n) is 16.8. The van der Waals surface area contributed by atoms with E-state index in [9.17, 15) is 4.79 Å². The number of amides is 1. The summed E-state index contributed by atoms with van der Waals surface area (Å²) in [6.45, 7) is 4.52. The molecular weight excluding hydrogens is 396 g/mol. The van der Waals surface area contributed by atoms with Crippen molar-refractivity contribution < 1.29 is 9.53 Å². The molecule has 3 heterocycles. The van der Waals surface area contributed by atoms with E-state index in [1.165, 1.54) is 22.9 Å². The Labute approximate surface area is 180 Å². The van der Waals surface area contributed by atoms with Gasteiger partial charge in [0, 0.05) is 37.0 Å². The zero-order valence-corrected chi connectivity index (χ0v) is 17.6. The van der Waals surface area contributed by atoms with E-state index in [-0.39, 0.29) is 5.91 Å². The number of benzene rings is 2. The largest absolute Gasteiger partial charge is 0.378 e. The first-order chi connectivity index (χ1) is 14.8. The molecule has 1 aromatic heterocycles. The number of anilines is 1. The fourth-order valence-corrected chi connectivity index (χ4v) is 4.99. The zero-order chi connectivity index (χ0) is 20.3. The monoisotopic (exact) mass is 420 g/mol. The van der Waals surface area contributed by atoms with Crippen LogP contribution in [-0.4, -0.2) is 59.6 Å². The molecule has 0 unspecified atom stereocenters. The van der Waals surface area contributed by atoms with Crippen molar-refractivity contribution in [3.8, 4) is 0 Å². The molecule has 2 aliphatic heterocycles. The molecule has 0 N–H and O–H groups in total. The number of hydrogen-bond acceptors (Lipinski definition) is 6. The first kappa shape index (κ1) is 19.3. The predicted molar refractivity (Wildman–Crippen MR) is 119 cm³/mol. The number of ether oxygens (including phenoxy) is 1. The first-order valence-corrected chi connectivity index (χ1v) is 11.3. The average Bonchev–Trinajstić information content (AvgIpc) is 2.82. The summed E-state index contributed by atoms with van der Waals surface area (Å²) in [5.41, 5.74) is 2.60. The SMILES string of the molecule is O=C(CSc1nnc(N2CCOCC2)c2ccccc12)N1CCc2ccccc2C1. The van der Waals surface area contributed by atoms with Crippen LogP contribution in [0.4, 0.5) is 5.82 Å². The van der Waals surface area contributed by atoms with Gasteiger partial charge in [-0.1, -0.05) is 60.3 Å². The first-order valence-electron chi connectivity index (χ1n) is 10.3. The van der Waals surface area contributed by atoms with Crippen LogP contribution in [-0.2, 0) is 22.5 Å². The van der Waals surface area contributed by atoms with Gasteiger partial charge >= 0.3 is 0 Å². The average molecular weight is 421 g/mol. The lowest BCUT2D eigenvalue weighted by atomic mass is 10.00. The normalized spacial score (nSPS) is 16.5. The topological polar surface area (TPSA) is 58.6 Å². The van der Waals surface area contributed by atoms with E-state index in [4.69, 9.17) is 4.74 Å². The lowest BCUT2D eigenvalue weighted by Gasteiger charge is -2.29. The van der Waals surface area contributed by atoms with Gasteiger partial charge in [-0.05, 0) is 17.5 Å². The molecule has 5 rings (SSSR count). The highest BCUT2D eigenvalue weighted by Crippen LogP contribution is 2.31. The van der Waals surface area contributed by atoms with Crippen molar-refractivity contribution in [2.24, 2.45) is 0 Å². The van der Waals surface area contributed by atoms with Gasteiger partial charge in [0.05, 0.1) is 19.0 Å². The number of carbonyl (C=O) groups is 1. The van der Waals surface area contributed by atoms with Crippen LogP contribution in [0.1, 0.15) is 11.1 Å². The molecule has 154 valence electrons. The fourth-order valence-electron chi connectivity index (χ4n) is 4.11. The van der Waals surface area contributed by atoms with Crippen molar-refractivity contribution in [2.45, 2.75) is 18.0 Å². The van der Waals surface area contributed by atoms with Gasteiger partial charge in [-0.2, -0.15) is 0 Å². The number of thioether (sulfide) groups is 1. The Morgan fingerprint density at radius 1 is 0.933 bits per heavy atom. The summed E-state index contributed by atoms with van der Waals surface area (Å²) in [5, 5.41) is 12.0. The molecule has 0 saturated carbocycles. The highest BCUT2D eigenvalue weighted by atomic mass is 32.2. The summed E-state index contributed by atoms with van der Waals surface area (Å²) in [6, 6.07) is 16.6. The van der Waals surface area contributed by atoms with E-state index in [1.807, 2.05) is 23.1 Å². The summed E-state index contributed by atoms with van der Waals surface area (Å²) in [7, 11) is 0. The summed E-state index contributed by atoms with van der Waals surface area (Å²) in [5.74, 6) is 1.42. The van der Waals surface area contributed by atoms with Gasteiger partial charge < -0.3 is 14.5 Å². The molecule has 0 bridgehead atoms. The summed E-state index contributed by atoms with van der Waals surface area (Å²) in [4.78, 5) is 17.0. The molecule has 0 atom stereocenters. The second kappa shape index (κ2) is 8.62.